The van der Waals surface area contributed by atoms with Crippen LogP contribution < -0.4 is 10.3 Å². The first-order valence-electron chi connectivity index (χ1n) is 11.5. The molecule has 1 aliphatic heterocycles. The van der Waals surface area contributed by atoms with Crippen molar-refractivity contribution < 1.29 is 9.26 Å². The maximum atomic E-state index is 5.54. The summed E-state index contributed by atoms with van der Waals surface area (Å²) in [5.41, 5.74) is 8.76. The molecule has 6 rings (SSSR count). The zero-order valence-corrected chi connectivity index (χ0v) is 19.2. The number of fused-ring (bicyclic) bond motifs is 2. The number of hydrogen-bond donors (Lipinski definition) is 2. The molecule has 4 aromatic rings. The van der Waals surface area contributed by atoms with Crippen LogP contribution in [0.25, 0.3) is 23.1 Å². The summed E-state index contributed by atoms with van der Waals surface area (Å²) in [5, 5.41) is 13.4. The maximum Gasteiger partial charge on any atom is 0.160 e. The number of ether oxygens (including phenoxy) is 1. The standard InChI is InChI=1S/C24H26N8O2/c1-15-4-3-5-18-24(15)17(13-25-18)14-26-28-21-12-23(31-6-8-33-9-7-31)32-22(27-21)11-19(29-32)20-10-16(2)34-30-20/h3,5,10-15,25H,4,6-9H2,1-2H3,(H,27,28)/b26-14+. The lowest BCUT2D eigenvalue weighted by molar-refractivity contribution is 0.122. The summed E-state index contributed by atoms with van der Waals surface area (Å²) >= 11 is 0. The molecule has 34 heavy (non-hydrogen) atoms. The van der Waals surface area contributed by atoms with Crippen molar-refractivity contribution >= 4 is 29.6 Å². The third-order valence-electron chi connectivity index (χ3n) is 6.27. The van der Waals surface area contributed by atoms with Crippen LogP contribution in [-0.2, 0) is 4.74 Å². The third kappa shape index (κ3) is 3.75. The van der Waals surface area contributed by atoms with Gasteiger partial charge in [0, 0.05) is 48.7 Å². The van der Waals surface area contributed by atoms with E-state index in [0.717, 1.165) is 42.3 Å². The molecule has 10 heteroatoms. The summed E-state index contributed by atoms with van der Waals surface area (Å²) in [7, 11) is 0. The van der Waals surface area contributed by atoms with Crippen LogP contribution >= 0.6 is 0 Å². The highest BCUT2D eigenvalue weighted by atomic mass is 16.5. The number of morpholine rings is 1. The second-order valence-electron chi connectivity index (χ2n) is 8.70. The summed E-state index contributed by atoms with van der Waals surface area (Å²) in [6.45, 7) is 7.00. The Morgan fingerprint density at radius 1 is 1.21 bits per heavy atom. The molecule has 0 amide bonds. The van der Waals surface area contributed by atoms with Crippen LogP contribution in [-0.4, -0.2) is 57.3 Å². The van der Waals surface area contributed by atoms with Crippen LogP contribution in [0.15, 0.2) is 40.1 Å². The summed E-state index contributed by atoms with van der Waals surface area (Å²) in [6.07, 6.45) is 9.23. The van der Waals surface area contributed by atoms with Gasteiger partial charge in [0.05, 0.1) is 19.4 Å². The minimum Gasteiger partial charge on any atom is -0.378 e. The molecule has 2 aliphatic rings. The number of H-pyrrole nitrogens is 1. The first-order chi connectivity index (χ1) is 16.7. The van der Waals surface area contributed by atoms with E-state index in [0.29, 0.717) is 42.0 Å². The maximum absolute atomic E-state index is 5.54. The predicted octanol–water partition coefficient (Wildman–Crippen LogP) is 3.82. The highest BCUT2D eigenvalue weighted by molar-refractivity contribution is 5.84. The number of aromatic amines is 1. The molecular weight excluding hydrogens is 432 g/mol. The average Bonchev–Trinajstić information content (AvgIpc) is 3.58. The Bertz CT molecular complexity index is 1390. The summed E-state index contributed by atoms with van der Waals surface area (Å²) in [5.74, 6) is 2.77. The van der Waals surface area contributed by atoms with Crippen molar-refractivity contribution in [2.24, 2.45) is 5.10 Å². The quantitative estimate of drug-likeness (QED) is 0.346. The van der Waals surface area contributed by atoms with Crippen LogP contribution in [0.4, 0.5) is 11.6 Å². The highest BCUT2D eigenvalue weighted by Crippen LogP contribution is 2.31. The SMILES string of the molecule is Cc1cc(-c2cc3nc(N/N=C/c4c[nH]c5c4C(C)CC=C5)cc(N4CCOCC4)n3n2)no1. The van der Waals surface area contributed by atoms with Crippen molar-refractivity contribution in [2.45, 2.75) is 26.2 Å². The van der Waals surface area contributed by atoms with Crippen molar-refractivity contribution in [2.75, 3.05) is 36.6 Å². The number of aryl methyl sites for hydroxylation is 1. The van der Waals surface area contributed by atoms with Gasteiger partial charge in [0.2, 0.25) is 0 Å². The van der Waals surface area contributed by atoms with Crippen molar-refractivity contribution in [3.8, 4) is 11.4 Å². The van der Waals surface area contributed by atoms with Crippen LogP contribution in [0, 0.1) is 6.92 Å². The second-order valence-corrected chi connectivity index (χ2v) is 8.70. The lowest BCUT2D eigenvalue weighted by Gasteiger charge is -2.29. The van der Waals surface area contributed by atoms with E-state index in [9.17, 15) is 0 Å². The van der Waals surface area contributed by atoms with Gasteiger partial charge < -0.3 is 19.1 Å². The molecule has 4 aromatic heterocycles. The molecule has 1 fully saturated rings. The Morgan fingerprint density at radius 3 is 2.91 bits per heavy atom. The van der Waals surface area contributed by atoms with Gasteiger partial charge >= 0.3 is 0 Å². The number of nitrogens with one attached hydrogen (secondary N) is 2. The molecule has 174 valence electrons. The molecule has 5 heterocycles. The predicted molar refractivity (Wildman–Crippen MR) is 130 cm³/mol. The van der Waals surface area contributed by atoms with Crippen molar-refractivity contribution in [3.63, 3.8) is 0 Å². The van der Waals surface area contributed by atoms with E-state index in [-0.39, 0.29) is 0 Å². The molecule has 1 saturated heterocycles. The van der Waals surface area contributed by atoms with Crippen LogP contribution in [0.5, 0.6) is 0 Å². The van der Waals surface area contributed by atoms with Gasteiger partial charge in [-0.05, 0) is 30.9 Å². The van der Waals surface area contributed by atoms with Gasteiger partial charge in [-0.25, -0.2) is 4.98 Å². The van der Waals surface area contributed by atoms with Gasteiger partial charge in [-0.15, -0.1) is 0 Å². The average molecular weight is 459 g/mol. The van der Waals surface area contributed by atoms with Gasteiger partial charge in [0.25, 0.3) is 0 Å². The number of hydrogen-bond acceptors (Lipinski definition) is 8. The van der Waals surface area contributed by atoms with E-state index < -0.39 is 0 Å². The monoisotopic (exact) mass is 458 g/mol. The van der Waals surface area contributed by atoms with Crippen LogP contribution in [0.2, 0.25) is 0 Å². The molecule has 10 nitrogen and oxygen atoms in total. The number of anilines is 2. The van der Waals surface area contributed by atoms with Crippen molar-refractivity contribution in [1.82, 2.24) is 24.7 Å². The zero-order valence-electron chi connectivity index (χ0n) is 19.2. The van der Waals surface area contributed by atoms with E-state index in [4.69, 9.17) is 19.3 Å². The lowest BCUT2D eigenvalue weighted by Crippen LogP contribution is -2.37. The van der Waals surface area contributed by atoms with Gasteiger partial charge in [0.1, 0.15) is 23.0 Å². The molecule has 0 bridgehead atoms. The van der Waals surface area contributed by atoms with Gasteiger partial charge in [-0.3, -0.25) is 5.43 Å². The van der Waals surface area contributed by atoms with E-state index in [2.05, 4.69) is 44.6 Å². The zero-order chi connectivity index (χ0) is 23.1. The fourth-order valence-electron chi connectivity index (χ4n) is 4.58. The molecule has 0 saturated carbocycles. The molecule has 2 N–H and O–H groups in total. The van der Waals surface area contributed by atoms with Gasteiger partial charge in [-0.1, -0.05) is 18.2 Å². The minimum absolute atomic E-state index is 0.459. The number of nitrogens with zero attached hydrogens (tertiary/aromatic N) is 6. The van der Waals surface area contributed by atoms with E-state index in [1.54, 1.807) is 0 Å². The molecule has 0 aromatic carbocycles. The smallest absolute Gasteiger partial charge is 0.160 e. The van der Waals surface area contributed by atoms with E-state index in [1.165, 1.54) is 5.56 Å². The topological polar surface area (TPSA) is 109 Å². The Kier molecular flexibility index (Phi) is 5.14. The van der Waals surface area contributed by atoms with Crippen molar-refractivity contribution in [1.29, 1.82) is 0 Å². The van der Waals surface area contributed by atoms with E-state index in [1.807, 2.05) is 42.0 Å². The number of aromatic nitrogens is 5. The largest absolute Gasteiger partial charge is 0.378 e. The normalized spacial score (nSPS) is 18.2. The fraction of sp³-hybridized carbons (Fsp3) is 0.333. The van der Waals surface area contributed by atoms with Crippen LogP contribution in [0.1, 0.15) is 41.8 Å². The van der Waals surface area contributed by atoms with E-state index >= 15 is 0 Å². The molecule has 1 aliphatic carbocycles. The molecular formula is C24H26N8O2. The van der Waals surface area contributed by atoms with Crippen molar-refractivity contribution in [3.05, 3.63) is 53.1 Å². The summed E-state index contributed by atoms with van der Waals surface area (Å²) in [6, 6.07) is 5.75. The number of hydrazone groups is 1. The number of allylic oxidation sites excluding steroid dienone is 1. The highest BCUT2D eigenvalue weighted by Gasteiger charge is 2.20. The Balaban J connectivity index is 1.34. The molecule has 0 radical (unpaired) electrons. The van der Waals surface area contributed by atoms with Gasteiger partial charge in [-0.2, -0.15) is 14.7 Å². The lowest BCUT2D eigenvalue weighted by atomic mass is 9.90. The molecule has 0 spiro atoms. The third-order valence-corrected chi connectivity index (χ3v) is 6.27. The Labute approximate surface area is 196 Å². The Hall–Kier alpha value is -3.92. The fourth-order valence-corrected chi connectivity index (χ4v) is 4.58. The molecule has 1 atom stereocenters. The van der Waals surface area contributed by atoms with Crippen LogP contribution in [0.3, 0.4) is 0 Å². The second kappa shape index (κ2) is 8.45. The first kappa shape index (κ1) is 20.7. The van der Waals surface area contributed by atoms with Gasteiger partial charge in [0.15, 0.2) is 11.5 Å². The minimum atomic E-state index is 0.459. The number of rotatable bonds is 5. The summed E-state index contributed by atoms with van der Waals surface area (Å²) in [4.78, 5) is 10.3. The molecule has 1 unspecified atom stereocenters. The Morgan fingerprint density at radius 2 is 2.09 bits per heavy atom. The first-order valence-corrected chi connectivity index (χ1v) is 11.5. The summed E-state index contributed by atoms with van der Waals surface area (Å²) < 4.78 is 12.6.